The van der Waals surface area contributed by atoms with Gasteiger partial charge in [-0.25, -0.2) is 8.42 Å². The van der Waals surface area contributed by atoms with Gasteiger partial charge in [0.25, 0.3) is 0 Å². The van der Waals surface area contributed by atoms with Gasteiger partial charge in [-0.15, -0.1) is 0 Å². The second-order valence-corrected chi connectivity index (χ2v) is 8.89. The van der Waals surface area contributed by atoms with E-state index in [-0.39, 0.29) is 5.75 Å². The predicted octanol–water partition coefficient (Wildman–Crippen LogP) is 2.35. The van der Waals surface area contributed by atoms with Crippen LogP contribution in [0, 0.1) is 0 Å². The van der Waals surface area contributed by atoms with Gasteiger partial charge in [-0.05, 0) is 18.2 Å². The van der Waals surface area contributed by atoms with E-state index < -0.39 is 15.2 Å². The van der Waals surface area contributed by atoms with Crippen LogP contribution in [0.2, 0.25) is 0 Å². The summed E-state index contributed by atoms with van der Waals surface area (Å²) in [6.45, 7) is 2.40. The highest BCUT2D eigenvalue weighted by Gasteiger charge is 2.33. The van der Waals surface area contributed by atoms with Gasteiger partial charge < -0.3 is 10.6 Å². The number of hydrogen-bond donors (Lipinski definition) is 1. The van der Waals surface area contributed by atoms with Gasteiger partial charge in [0.05, 0.1) is 11.4 Å². The van der Waals surface area contributed by atoms with Gasteiger partial charge in [0, 0.05) is 28.3 Å². The number of hydrogen-bond acceptors (Lipinski definition) is 5. The molecule has 1 aromatic carbocycles. The number of anilines is 2. The SMILES string of the molecule is CCS(=O)(=O)C1CSCCN1c1ccc(Br)cc1N. The second-order valence-electron chi connectivity index (χ2n) is 4.38. The highest BCUT2D eigenvalue weighted by Crippen LogP contribution is 2.32. The second kappa shape index (κ2) is 5.93. The number of benzene rings is 1. The van der Waals surface area contributed by atoms with E-state index in [2.05, 4.69) is 15.9 Å². The van der Waals surface area contributed by atoms with E-state index in [9.17, 15) is 8.42 Å². The third-order valence-electron chi connectivity index (χ3n) is 3.20. The van der Waals surface area contributed by atoms with Gasteiger partial charge in [-0.1, -0.05) is 22.9 Å². The fourth-order valence-electron chi connectivity index (χ4n) is 2.13. The topological polar surface area (TPSA) is 63.4 Å². The largest absolute Gasteiger partial charge is 0.397 e. The molecule has 2 rings (SSSR count). The minimum absolute atomic E-state index is 0.158. The zero-order valence-corrected chi connectivity index (χ0v) is 13.9. The lowest BCUT2D eigenvalue weighted by atomic mass is 10.2. The Labute approximate surface area is 126 Å². The first-order chi connectivity index (χ1) is 8.95. The van der Waals surface area contributed by atoms with Crippen LogP contribution in [0.5, 0.6) is 0 Å². The molecule has 0 aliphatic carbocycles. The maximum Gasteiger partial charge on any atom is 0.171 e. The third-order valence-corrected chi connectivity index (χ3v) is 6.98. The number of sulfone groups is 1. The van der Waals surface area contributed by atoms with Crippen LogP contribution < -0.4 is 10.6 Å². The van der Waals surface area contributed by atoms with Gasteiger partial charge in [0.1, 0.15) is 5.37 Å². The number of halogens is 1. The predicted molar refractivity (Wildman–Crippen MR) is 86.5 cm³/mol. The highest BCUT2D eigenvalue weighted by atomic mass is 79.9. The molecule has 4 nitrogen and oxygen atoms in total. The van der Waals surface area contributed by atoms with Gasteiger partial charge in [-0.3, -0.25) is 0 Å². The molecule has 1 atom stereocenters. The molecule has 1 aliphatic rings. The molecule has 1 aromatic rings. The fourth-order valence-corrected chi connectivity index (χ4v) is 5.50. The molecule has 1 saturated heterocycles. The molecule has 1 aliphatic heterocycles. The number of nitrogens with two attached hydrogens (primary N) is 1. The maximum atomic E-state index is 12.2. The Balaban J connectivity index is 2.40. The van der Waals surface area contributed by atoms with Crippen molar-refractivity contribution in [1.29, 1.82) is 0 Å². The molecule has 2 N–H and O–H groups in total. The molecule has 1 heterocycles. The van der Waals surface area contributed by atoms with Crippen molar-refractivity contribution in [3.05, 3.63) is 22.7 Å². The van der Waals surface area contributed by atoms with Crippen LogP contribution in [0.25, 0.3) is 0 Å². The Kier molecular flexibility index (Phi) is 4.68. The minimum atomic E-state index is -3.11. The average Bonchev–Trinajstić information content (AvgIpc) is 2.39. The van der Waals surface area contributed by atoms with Crippen LogP contribution in [-0.2, 0) is 9.84 Å². The lowest BCUT2D eigenvalue weighted by molar-refractivity contribution is 0.580. The van der Waals surface area contributed by atoms with Crippen molar-refractivity contribution in [1.82, 2.24) is 0 Å². The summed E-state index contributed by atoms with van der Waals surface area (Å²) in [4.78, 5) is 1.93. The molecule has 106 valence electrons. The molecule has 1 unspecified atom stereocenters. The standard InChI is InChI=1S/C12H17BrN2O2S2/c1-2-19(16,17)12-8-18-6-5-15(12)11-4-3-9(13)7-10(11)14/h3-4,7,12H,2,5-6,8,14H2,1H3. The Morgan fingerprint density at radius 1 is 1.53 bits per heavy atom. The first-order valence-corrected chi connectivity index (χ1v) is 9.73. The first kappa shape index (κ1) is 15.0. The van der Waals surface area contributed by atoms with Crippen molar-refractivity contribution in [3.63, 3.8) is 0 Å². The van der Waals surface area contributed by atoms with E-state index in [4.69, 9.17) is 5.73 Å². The molecule has 19 heavy (non-hydrogen) atoms. The molecule has 7 heteroatoms. The summed E-state index contributed by atoms with van der Waals surface area (Å²) in [5, 5.41) is -0.472. The van der Waals surface area contributed by atoms with Crippen LogP contribution in [0.1, 0.15) is 6.92 Å². The van der Waals surface area contributed by atoms with Gasteiger partial charge in [0.2, 0.25) is 0 Å². The van der Waals surface area contributed by atoms with E-state index in [1.54, 1.807) is 18.7 Å². The van der Waals surface area contributed by atoms with Gasteiger partial charge >= 0.3 is 0 Å². The lowest BCUT2D eigenvalue weighted by Gasteiger charge is -2.37. The average molecular weight is 365 g/mol. The molecule has 0 radical (unpaired) electrons. The van der Waals surface area contributed by atoms with Crippen molar-refractivity contribution in [3.8, 4) is 0 Å². The van der Waals surface area contributed by atoms with Gasteiger partial charge in [-0.2, -0.15) is 11.8 Å². The van der Waals surface area contributed by atoms with Crippen LogP contribution in [0.15, 0.2) is 22.7 Å². The van der Waals surface area contributed by atoms with E-state index in [1.807, 2.05) is 23.1 Å². The Morgan fingerprint density at radius 2 is 2.26 bits per heavy atom. The molecule has 0 aromatic heterocycles. The summed E-state index contributed by atoms with van der Waals surface area (Å²) in [5.74, 6) is 1.68. The van der Waals surface area contributed by atoms with Crippen molar-refractivity contribution >= 4 is 48.9 Å². The summed E-state index contributed by atoms with van der Waals surface area (Å²) in [7, 11) is -3.11. The molecule has 0 spiro atoms. The Hall–Kier alpha value is -0.400. The quantitative estimate of drug-likeness (QED) is 0.833. The molecule has 0 bridgehead atoms. The molecular weight excluding hydrogens is 348 g/mol. The Morgan fingerprint density at radius 3 is 2.89 bits per heavy atom. The first-order valence-electron chi connectivity index (χ1n) is 6.06. The lowest BCUT2D eigenvalue weighted by Crippen LogP contribution is -2.48. The van der Waals surface area contributed by atoms with Crippen molar-refractivity contribution in [2.24, 2.45) is 0 Å². The number of rotatable bonds is 3. The van der Waals surface area contributed by atoms with Gasteiger partial charge in [0.15, 0.2) is 9.84 Å². The van der Waals surface area contributed by atoms with Crippen LogP contribution >= 0.6 is 27.7 Å². The summed E-state index contributed by atoms with van der Waals surface area (Å²) in [6.07, 6.45) is 0. The zero-order chi connectivity index (χ0) is 14.0. The van der Waals surface area contributed by atoms with E-state index >= 15 is 0 Å². The Bertz CT molecular complexity index is 563. The normalized spacial score (nSPS) is 20.5. The summed E-state index contributed by atoms with van der Waals surface area (Å²) in [6, 6.07) is 5.59. The number of nitrogen functional groups attached to an aromatic ring is 1. The highest BCUT2D eigenvalue weighted by molar-refractivity contribution is 9.10. The van der Waals surface area contributed by atoms with E-state index in [1.165, 1.54) is 0 Å². The van der Waals surface area contributed by atoms with Crippen molar-refractivity contribution < 1.29 is 8.42 Å². The van der Waals surface area contributed by atoms with E-state index in [0.717, 1.165) is 15.9 Å². The fraction of sp³-hybridized carbons (Fsp3) is 0.500. The maximum absolute atomic E-state index is 12.2. The minimum Gasteiger partial charge on any atom is -0.397 e. The molecule has 1 fully saturated rings. The number of nitrogens with zero attached hydrogens (tertiary/aromatic N) is 1. The van der Waals surface area contributed by atoms with Crippen LogP contribution in [0.3, 0.4) is 0 Å². The van der Waals surface area contributed by atoms with Crippen molar-refractivity contribution in [2.45, 2.75) is 12.3 Å². The van der Waals surface area contributed by atoms with Crippen molar-refractivity contribution in [2.75, 3.05) is 34.4 Å². The number of thioether (sulfide) groups is 1. The summed E-state index contributed by atoms with van der Waals surface area (Å²) >= 11 is 5.05. The van der Waals surface area contributed by atoms with Crippen LogP contribution in [-0.4, -0.2) is 37.6 Å². The molecule has 0 amide bonds. The summed E-state index contributed by atoms with van der Waals surface area (Å²) < 4.78 is 25.3. The zero-order valence-electron chi connectivity index (χ0n) is 10.7. The molecular formula is C12H17BrN2O2S2. The third kappa shape index (κ3) is 3.20. The summed E-state index contributed by atoms with van der Waals surface area (Å²) in [5.41, 5.74) is 7.45. The smallest absolute Gasteiger partial charge is 0.171 e. The van der Waals surface area contributed by atoms with E-state index in [0.29, 0.717) is 18.0 Å². The molecule has 0 saturated carbocycles. The monoisotopic (exact) mass is 364 g/mol. The van der Waals surface area contributed by atoms with Crippen LogP contribution in [0.4, 0.5) is 11.4 Å².